The Morgan fingerprint density at radius 1 is 1.15 bits per heavy atom. The number of aryl methyl sites for hydroxylation is 2. The number of anilines is 1. The van der Waals surface area contributed by atoms with Crippen molar-refractivity contribution in [1.82, 2.24) is 9.55 Å². The van der Waals surface area contributed by atoms with Gasteiger partial charge in [0.05, 0.1) is 5.69 Å². The summed E-state index contributed by atoms with van der Waals surface area (Å²) in [6.45, 7) is 11.3. The first-order valence-electron chi connectivity index (χ1n) is 7.71. The van der Waals surface area contributed by atoms with Gasteiger partial charge in [0.2, 0.25) is 5.95 Å². The largest absolute Gasteiger partial charge is 0.382 e. The van der Waals surface area contributed by atoms with E-state index < -0.39 is 0 Å². The molecule has 1 N–H and O–H groups in total. The van der Waals surface area contributed by atoms with Crippen LogP contribution in [0.3, 0.4) is 0 Å². The molecule has 1 aromatic rings. The Morgan fingerprint density at radius 3 is 2.70 bits per heavy atom. The molecule has 0 spiro atoms. The number of imidazole rings is 1. The van der Waals surface area contributed by atoms with E-state index in [4.69, 9.17) is 9.47 Å². The summed E-state index contributed by atoms with van der Waals surface area (Å²) in [7, 11) is 0. The number of hydrogen-bond acceptors (Lipinski definition) is 4. The molecular formula is C15H29N3O2. The van der Waals surface area contributed by atoms with Crippen LogP contribution in [0.25, 0.3) is 0 Å². The highest BCUT2D eigenvalue weighted by Crippen LogP contribution is 2.09. The molecule has 0 atom stereocenters. The van der Waals surface area contributed by atoms with Crippen molar-refractivity contribution in [1.29, 1.82) is 0 Å². The SMILES string of the molecule is CCCOCCCn1cc(C)nc1NCCCOCC. The lowest BCUT2D eigenvalue weighted by molar-refractivity contribution is 0.129. The Hall–Kier alpha value is -1.07. The normalized spacial score (nSPS) is 10.9. The second-order valence-electron chi connectivity index (χ2n) is 4.84. The monoisotopic (exact) mass is 283 g/mol. The molecule has 0 aromatic carbocycles. The van der Waals surface area contributed by atoms with Crippen molar-refractivity contribution in [3.63, 3.8) is 0 Å². The summed E-state index contributed by atoms with van der Waals surface area (Å²) in [5.41, 5.74) is 1.05. The third-order valence-corrected chi connectivity index (χ3v) is 2.89. The van der Waals surface area contributed by atoms with Crippen LogP contribution in [0.2, 0.25) is 0 Å². The molecule has 0 aliphatic heterocycles. The van der Waals surface area contributed by atoms with Gasteiger partial charge >= 0.3 is 0 Å². The van der Waals surface area contributed by atoms with Crippen LogP contribution in [-0.4, -0.2) is 42.5 Å². The lowest BCUT2D eigenvalue weighted by Gasteiger charge is -2.10. The highest BCUT2D eigenvalue weighted by atomic mass is 16.5. The first-order chi connectivity index (χ1) is 9.77. The van der Waals surface area contributed by atoms with E-state index in [1.54, 1.807) is 0 Å². The molecular weight excluding hydrogens is 254 g/mol. The molecule has 116 valence electrons. The van der Waals surface area contributed by atoms with Crippen LogP contribution in [0.4, 0.5) is 5.95 Å². The van der Waals surface area contributed by atoms with E-state index >= 15 is 0 Å². The zero-order chi connectivity index (χ0) is 14.6. The second-order valence-corrected chi connectivity index (χ2v) is 4.84. The summed E-state index contributed by atoms with van der Waals surface area (Å²) in [4.78, 5) is 4.51. The summed E-state index contributed by atoms with van der Waals surface area (Å²) >= 11 is 0. The van der Waals surface area contributed by atoms with Crippen LogP contribution < -0.4 is 5.32 Å². The quantitative estimate of drug-likeness (QED) is 0.599. The van der Waals surface area contributed by atoms with E-state index in [-0.39, 0.29) is 0 Å². The number of nitrogens with one attached hydrogen (secondary N) is 1. The van der Waals surface area contributed by atoms with Gasteiger partial charge < -0.3 is 19.4 Å². The van der Waals surface area contributed by atoms with Gasteiger partial charge in [0.15, 0.2) is 0 Å². The van der Waals surface area contributed by atoms with E-state index in [0.717, 1.165) is 70.4 Å². The molecule has 0 saturated heterocycles. The van der Waals surface area contributed by atoms with Crippen molar-refractivity contribution in [2.75, 3.05) is 38.3 Å². The maximum absolute atomic E-state index is 5.51. The Kier molecular flexibility index (Phi) is 9.07. The van der Waals surface area contributed by atoms with Crippen molar-refractivity contribution in [3.05, 3.63) is 11.9 Å². The molecule has 0 saturated carbocycles. The molecule has 0 aliphatic rings. The van der Waals surface area contributed by atoms with Crippen LogP contribution in [0.5, 0.6) is 0 Å². The van der Waals surface area contributed by atoms with Crippen molar-refractivity contribution >= 4 is 5.95 Å². The molecule has 0 fully saturated rings. The molecule has 1 aromatic heterocycles. The molecule has 5 heteroatoms. The number of aromatic nitrogens is 2. The maximum atomic E-state index is 5.51. The molecule has 0 bridgehead atoms. The molecule has 1 rings (SSSR count). The van der Waals surface area contributed by atoms with E-state index in [2.05, 4.69) is 28.0 Å². The van der Waals surface area contributed by atoms with Crippen molar-refractivity contribution in [2.24, 2.45) is 0 Å². The summed E-state index contributed by atoms with van der Waals surface area (Å²) in [5.74, 6) is 0.953. The first kappa shape index (κ1) is 17.0. The zero-order valence-corrected chi connectivity index (χ0v) is 13.2. The summed E-state index contributed by atoms with van der Waals surface area (Å²) in [6, 6.07) is 0. The molecule has 0 amide bonds. The predicted octanol–water partition coefficient (Wildman–Crippen LogP) is 2.85. The van der Waals surface area contributed by atoms with Crippen molar-refractivity contribution < 1.29 is 9.47 Å². The Morgan fingerprint density at radius 2 is 1.95 bits per heavy atom. The standard InChI is InChI=1S/C15H29N3O2/c1-4-10-20-12-7-9-18-13-14(3)17-15(18)16-8-6-11-19-5-2/h13H,4-12H2,1-3H3,(H,16,17). The van der Waals surface area contributed by atoms with Gasteiger partial charge in [-0.1, -0.05) is 6.92 Å². The van der Waals surface area contributed by atoms with Crippen LogP contribution in [0, 0.1) is 6.92 Å². The second kappa shape index (κ2) is 10.7. The van der Waals surface area contributed by atoms with E-state index in [0.29, 0.717) is 0 Å². The van der Waals surface area contributed by atoms with Crippen LogP contribution in [0.15, 0.2) is 6.20 Å². The molecule has 0 unspecified atom stereocenters. The minimum absolute atomic E-state index is 0.783. The Balaban J connectivity index is 2.27. The van der Waals surface area contributed by atoms with Gasteiger partial charge in [0.25, 0.3) is 0 Å². The summed E-state index contributed by atoms with van der Waals surface area (Å²) in [6.07, 6.45) is 5.18. The Labute approximate surface area is 122 Å². The zero-order valence-electron chi connectivity index (χ0n) is 13.2. The molecule has 0 radical (unpaired) electrons. The minimum atomic E-state index is 0.783. The third kappa shape index (κ3) is 6.91. The molecule has 0 aliphatic carbocycles. The average molecular weight is 283 g/mol. The van der Waals surface area contributed by atoms with Gasteiger partial charge in [0, 0.05) is 45.7 Å². The van der Waals surface area contributed by atoms with Gasteiger partial charge in [-0.15, -0.1) is 0 Å². The van der Waals surface area contributed by atoms with Gasteiger partial charge in [0.1, 0.15) is 0 Å². The number of nitrogens with zero attached hydrogens (tertiary/aromatic N) is 2. The maximum Gasteiger partial charge on any atom is 0.203 e. The smallest absolute Gasteiger partial charge is 0.203 e. The van der Waals surface area contributed by atoms with Gasteiger partial charge in [-0.05, 0) is 33.1 Å². The van der Waals surface area contributed by atoms with Crippen LogP contribution in [-0.2, 0) is 16.0 Å². The number of hydrogen-bond donors (Lipinski definition) is 1. The topological polar surface area (TPSA) is 48.3 Å². The van der Waals surface area contributed by atoms with Crippen LogP contribution in [0.1, 0.15) is 38.8 Å². The van der Waals surface area contributed by atoms with Gasteiger partial charge in [-0.25, -0.2) is 4.98 Å². The molecule has 5 nitrogen and oxygen atoms in total. The Bertz CT molecular complexity index is 321. The van der Waals surface area contributed by atoms with Crippen LogP contribution >= 0.6 is 0 Å². The highest BCUT2D eigenvalue weighted by molar-refractivity contribution is 5.28. The fraction of sp³-hybridized carbons (Fsp3) is 0.800. The lowest BCUT2D eigenvalue weighted by Crippen LogP contribution is -2.11. The lowest BCUT2D eigenvalue weighted by atomic mass is 10.4. The number of ether oxygens (including phenoxy) is 2. The van der Waals surface area contributed by atoms with Gasteiger partial charge in [-0.3, -0.25) is 0 Å². The molecule has 1 heterocycles. The predicted molar refractivity (Wildman–Crippen MR) is 82.3 cm³/mol. The van der Waals surface area contributed by atoms with E-state index in [1.807, 2.05) is 13.8 Å². The number of rotatable bonds is 12. The fourth-order valence-corrected chi connectivity index (χ4v) is 1.96. The van der Waals surface area contributed by atoms with Crippen molar-refractivity contribution in [3.8, 4) is 0 Å². The van der Waals surface area contributed by atoms with E-state index in [1.165, 1.54) is 0 Å². The van der Waals surface area contributed by atoms with Crippen molar-refractivity contribution in [2.45, 2.75) is 46.6 Å². The highest BCUT2D eigenvalue weighted by Gasteiger charge is 2.04. The first-order valence-corrected chi connectivity index (χ1v) is 7.71. The minimum Gasteiger partial charge on any atom is -0.382 e. The summed E-state index contributed by atoms with van der Waals surface area (Å²) in [5, 5.41) is 3.38. The average Bonchev–Trinajstić information content (AvgIpc) is 2.79. The van der Waals surface area contributed by atoms with E-state index in [9.17, 15) is 0 Å². The summed E-state index contributed by atoms with van der Waals surface area (Å²) < 4.78 is 13.0. The van der Waals surface area contributed by atoms with Gasteiger partial charge in [-0.2, -0.15) is 0 Å². The molecule has 20 heavy (non-hydrogen) atoms. The fourth-order valence-electron chi connectivity index (χ4n) is 1.96. The third-order valence-electron chi connectivity index (χ3n) is 2.89.